The van der Waals surface area contributed by atoms with Gasteiger partial charge in [-0.2, -0.15) is 0 Å². The minimum absolute atomic E-state index is 0.0391. The summed E-state index contributed by atoms with van der Waals surface area (Å²) in [5.74, 6) is 1.86. The van der Waals surface area contributed by atoms with Crippen molar-refractivity contribution in [3.8, 4) is 22.9 Å². The van der Waals surface area contributed by atoms with Crippen molar-refractivity contribution in [2.75, 3.05) is 40.0 Å². The Kier molecular flexibility index (Phi) is 6.63. The molecule has 0 N–H and O–H groups in total. The van der Waals surface area contributed by atoms with Gasteiger partial charge < -0.3 is 23.7 Å². The van der Waals surface area contributed by atoms with Crippen LogP contribution in [0.1, 0.15) is 13.3 Å². The van der Waals surface area contributed by atoms with Crippen LogP contribution in [-0.4, -0.2) is 60.4 Å². The molecule has 0 spiro atoms. The van der Waals surface area contributed by atoms with Crippen LogP contribution in [0, 0.1) is 0 Å². The Morgan fingerprint density at radius 2 is 1.97 bits per heavy atom. The van der Waals surface area contributed by atoms with E-state index >= 15 is 0 Å². The van der Waals surface area contributed by atoms with E-state index in [9.17, 15) is 4.79 Å². The predicted octanol–water partition coefficient (Wildman–Crippen LogP) is 4.01. The zero-order valence-electron chi connectivity index (χ0n) is 17.8. The molecule has 1 saturated heterocycles. The maximum absolute atomic E-state index is 12.4. The van der Waals surface area contributed by atoms with Gasteiger partial charge in [0.05, 0.1) is 31.4 Å². The third-order valence-corrected chi connectivity index (χ3v) is 5.53. The molecule has 1 amide bonds. The number of hydrogen-bond donors (Lipinski definition) is 0. The van der Waals surface area contributed by atoms with Crippen LogP contribution < -0.4 is 9.47 Å². The molecule has 0 saturated carbocycles. The maximum Gasteiger partial charge on any atom is 0.260 e. The number of halogens is 1. The molecule has 8 heteroatoms. The van der Waals surface area contributed by atoms with Crippen LogP contribution in [0.4, 0.5) is 0 Å². The van der Waals surface area contributed by atoms with Gasteiger partial charge in [0.1, 0.15) is 5.82 Å². The molecule has 3 aromatic rings. The van der Waals surface area contributed by atoms with Crippen LogP contribution in [-0.2, 0) is 16.1 Å². The number of nitrogens with zero attached hydrogens (tertiary/aromatic N) is 3. The van der Waals surface area contributed by atoms with Crippen LogP contribution in [0.25, 0.3) is 22.4 Å². The molecule has 2 heterocycles. The van der Waals surface area contributed by atoms with E-state index in [1.807, 2.05) is 36.4 Å². The van der Waals surface area contributed by atoms with E-state index in [0.717, 1.165) is 35.4 Å². The SMILES string of the molecule is CCCn1c(-c2ccc(OCC(=O)N3CCOCC3)c(OC)c2)nc2cc(Cl)ccc21. The van der Waals surface area contributed by atoms with Crippen molar-refractivity contribution in [3.05, 3.63) is 41.4 Å². The monoisotopic (exact) mass is 443 g/mol. The Bertz CT molecular complexity index is 1080. The van der Waals surface area contributed by atoms with Gasteiger partial charge >= 0.3 is 0 Å². The molecule has 1 aliphatic rings. The second-order valence-corrected chi connectivity index (χ2v) is 7.80. The molecule has 2 aromatic carbocycles. The first-order valence-corrected chi connectivity index (χ1v) is 10.8. The number of rotatable bonds is 7. The van der Waals surface area contributed by atoms with E-state index in [4.69, 9.17) is 30.8 Å². The molecule has 1 aromatic heterocycles. The Morgan fingerprint density at radius 1 is 1.16 bits per heavy atom. The van der Waals surface area contributed by atoms with Crippen LogP contribution >= 0.6 is 11.6 Å². The Hall–Kier alpha value is -2.77. The minimum atomic E-state index is -0.0592. The zero-order valence-corrected chi connectivity index (χ0v) is 18.5. The molecule has 0 radical (unpaired) electrons. The molecule has 4 rings (SSSR count). The lowest BCUT2D eigenvalue weighted by atomic mass is 10.2. The summed E-state index contributed by atoms with van der Waals surface area (Å²) in [6.45, 7) is 5.24. The van der Waals surface area contributed by atoms with Gasteiger partial charge in [-0.05, 0) is 42.8 Å². The first kappa shape index (κ1) is 21.5. The summed E-state index contributed by atoms with van der Waals surface area (Å²) in [5, 5.41) is 0.659. The lowest BCUT2D eigenvalue weighted by molar-refractivity contribution is -0.137. The average molecular weight is 444 g/mol. The molecule has 31 heavy (non-hydrogen) atoms. The largest absolute Gasteiger partial charge is 0.493 e. The number of carbonyl (C=O) groups excluding carboxylic acids is 1. The normalized spacial score (nSPS) is 14.1. The number of amides is 1. The Morgan fingerprint density at radius 3 is 2.71 bits per heavy atom. The van der Waals surface area contributed by atoms with Gasteiger partial charge in [0.2, 0.25) is 0 Å². The summed E-state index contributed by atoms with van der Waals surface area (Å²) in [6.07, 6.45) is 0.975. The highest BCUT2D eigenvalue weighted by atomic mass is 35.5. The summed E-state index contributed by atoms with van der Waals surface area (Å²) in [7, 11) is 1.59. The molecule has 7 nitrogen and oxygen atoms in total. The van der Waals surface area contributed by atoms with Crippen molar-refractivity contribution < 1.29 is 19.0 Å². The maximum atomic E-state index is 12.4. The predicted molar refractivity (Wildman–Crippen MR) is 120 cm³/mol. The highest BCUT2D eigenvalue weighted by Gasteiger charge is 2.19. The first-order valence-electron chi connectivity index (χ1n) is 10.4. The smallest absolute Gasteiger partial charge is 0.260 e. The number of ether oxygens (including phenoxy) is 3. The molecule has 1 fully saturated rings. The fourth-order valence-electron chi connectivity index (χ4n) is 3.74. The van der Waals surface area contributed by atoms with Gasteiger partial charge in [0.25, 0.3) is 5.91 Å². The van der Waals surface area contributed by atoms with Crippen LogP contribution in [0.15, 0.2) is 36.4 Å². The topological polar surface area (TPSA) is 65.8 Å². The summed E-state index contributed by atoms with van der Waals surface area (Å²) in [4.78, 5) is 18.9. The second-order valence-electron chi connectivity index (χ2n) is 7.37. The molecule has 0 bridgehead atoms. The lowest BCUT2D eigenvalue weighted by Gasteiger charge is -2.26. The minimum Gasteiger partial charge on any atom is -0.493 e. The summed E-state index contributed by atoms with van der Waals surface area (Å²) in [5.41, 5.74) is 2.80. The number of hydrogen-bond acceptors (Lipinski definition) is 5. The second kappa shape index (κ2) is 9.58. The molecule has 0 unspecified atom stereocenters. The van der Waals surface area contributed by atoms with E-state index in [2.05, 4.69) is 11.5 Å². The summed E-state index contributed by atoms with van der Waals surface area (Å²) in [6, 6.07) is 11.4. The van der Waals surface area contributed by atoms with Crippen LogP contribution in [0.2, 0.25) is 5.02 Å². The van der Waals surface area contributed by atoms with Crippen molar-refractivity contribution in [3.63, 3.8) is 0 Å². The Balaban J connectivity index is 1.59. The van der Waals surface area contributed by atoms with Gasteiger partial charge in [-0.3, -0.25) is 4.79 Å². The van der Waals surface area contributed by atoms with E-state index in [1.54, 1.807) is 12.0 Å². The summed E-state index contributed by atoms with van der Waals surface area (Å²) < 4.78 is 18.8. The van der Waals surface area contributed by atoms with E-state index in [1.165, 1.54) is 0 Å². The highest BCUT2D eigenvalue weighted by molar-refractivity contribution is 6.31. The van der Waals surface area contributed by atoms with Crippen LogP contribution in [0.3, 0.4) is 0 Å². The number of aryl methyl sites for hydroxylation is 1. The van der Waals surface area contributed by atoms with E-state index < -0.39 is 0 Å². The van der Waals surface area contributed by atoms with Gasteiger partial charge in [-0.25, -0.2) is 4.98 Å². The van der Waals surface area contributed by atoms with Crippen molar-refractivity contribution >= 4 is 28.5 Å². The number of morpholine rings is 1. The molecule has 1 aliphatic heterocycles. The molecular weight excluding hydrogens is 418 g/mol. The van der Waals surface area contributed by atoms with Gasteiger partial charge in [0.15, 0.2) is 18.1 Å². The van der Waals surface area contributed by atoms with Crippen LogP contribution in [0.5, 0.6) is 11.5 Å². The Labute approximate surface area is 186 Å². The van der Waals surface area contributed by atoms with Gasteiger partial charge in [-0.1, -0.05) is 18.5 Å². The van der Waals surface area contributed by atoms with Gasteiger partial charge in [-0.15, -0.1) is 0 Å². The summed E-state index contributed by atoms with van der Waals surface area (Å²) >= 11 is 6.16. The highest BCUT2D eigenvalue weighted by Crippen LogP contribution is 2.34. The molecule has 0 atom stereocenters. The third kappa shape index (κ3) is 4.62. The van der Waals surface area contributed by atoms with Crippen molar-refractivity contribution in [1.29, 1.82) is 0 Å². The first-order chi connectivity index (χ1) is 15.1. The van der Waals surface area contributed by atoms with Crippen molar-refractivity contribution in [2.24, 2.45) is 0 Å². The quantitative estimate of drug-likeness (QED) is 0.552. The number of methoxy groups -OCH3 is 1. The zero-order chi connectivity index (χ0) is 21.8. The molecule has 164 valence electrons. The fraction of sp³-hybridized carbons (Fsp3) is 0.391. The number of fused-ring (bicyclic) bond motifs is 1. The number of benzene rings is 2. The van der Waals surface area contributed by atoms with E-state index in [-0.39, 0.29) is 12.5 Å². The van der Waals surface area contributed by atoms with Crippen molar-refractivity contribution in [1.82, 2.24) is 14.5 Å². The van der Waals surface area contributed by atoms with Gasteiger partial charge in [0, 0.05) is 30.2 Å². The number of imidazole rings is 1. The van der Waals surface area contributed by atoms with E-state index in [0.29, 0.717) is 42.8 Å². The molecule has 0 aliphatic carbocycles. The number of aromatic nitrogens is 2. The van der Waals surface area contributed by atoms with Crippen molar-refractivity contribution in [2.45, 2.75) is 19.9 Å². The lowest BCUT2D eigenvalue weighted by Crippen LogP contribution is -2.43. The average Bonchev–Trinajstić information content (AvgIpc) is 3.15. The third-order valence-electron chi connectivity index (χ3n) is 5.29. The fourth-order valence-corrected chi connectivity index (χ4v) is 3.91. The number of carbonyl (C=O) groups is 1. The standard InChI is InChI=1S/C23H26ClN3O4/c1-3-8-27-19-6-5-17(24)14-18(19)25-23(27)16-4-7-20(21(13-16)29-2)31-15-22(28)26-9-11-30-12-10-26/h4-7,13-14H,3,8-12,15H2,1-2H3. The molecular formula is C23H26ClN3O4.